The number of rotatable bonds is 6. The van der Waals surface area contributed by atoms with Crippen LogP contribution < -0.4 is 15.1 Å². The van der Waals surface area contributed by atoms with Crippen molar-refractivity contribution in [2.45, 2.75) is 33.4 Å². The third-order valence-electron chi connectivity index (χ3n) is 5.34. The van der Waals surface area contributed by atoms with Gasteiger partial charge in [0.05, 0.1) is 13.7 Å². The van der Waals surface area contributed by atoms with Crippen LogP contribution in [0.1, 0.15) is 22.4 Å². The third-order valence-corrected chi connectivity index (χ3v) is 6.01. The van der Waals surface area contributed by atoms with E-state index >= 15 is 0 Å². The number of nitrogens with one attached hydrogen (secondary N) is 1. The van der Waals surface area contributed by atoms with Crippen molar-refractivity contribution < 1.29 is 14.6 Å². The van der Waals surface area contributed by atoms with Crippen LogP contribution in [0.2, 0.25) is 0 Å². The SMILES string of the molecule is COc1nc(C)c(CO)cc1NN1CCN(c2cc(C)cc(C)c2)CC1C(=O)SC. The normalized spacial score (nSPS) is 17.1. The van der Waals surface area contributed by atoms with E-state index in [2.05, 4.69) is 47.4 Å². The molecule has 2 N–H and O–H groups in total. The Morgan fingerprint density at radius 2 is 1.93 bits per heavy atom. The van der Waals surface area contributed by atoms with Gasteiger partial charge in [-0.3, -0.25) is 4.79 Å². The fraction of sp³-hybridized carbons (Fsp3) is 0.455. The molecule has 0 spiro atoms. The van der Waals surface area contributed by atoms with E-state index in [1.807, 2.05) is 24.3 Å². The monoisotopic (exact) mass is 430 g/mol. The molecule has 30 heavy (non-hydrogen) atoms. The molecule has 162 valence electrons. The smallest absolute Gasteiger partial charge is 0.238 e. The number of aryl methyl sites for hydroxylation is 3. The minimum atomic E-state index is -0.335. The van der Waals surface area contributed by atoms with Gasteiger partial charge >= 0.3 is 0 Å². The summed E-state index contributed by atoms with van der Waals surface area (Å²) in [6.45, 7) is 7.93. The number of thioether (sulfide) groups is 1. The molecule has 1 aliphatic rings. The molecule has 8 heteroatoms. The van der Waals surface area contributed by atoms with Gasteiger partial charge in [0.15, 0.2) is 0 Å². The highest BCUT2D eigenvalue weighted by Gasteiger charge is 2.33. The summed E-state index contributed by atoms with van der Waals surface area (Å²) in [6.07, 6.45) is 1.81. The minimum absolute atomic E-state index is 0.0954. The van der Waals surface area contributed by atoms with Gasteiger partial charge in [0.2, 0.25) is 11.0 Å². The molecule has 0 saturated carbocycles. The number of hydrazine groups is 1. The number of benzene rings is 1. The Morgan fingerprint density at radius 1 is 1.23 bits per heavy atom. The number of carbonyl (C=O) groups excluding carboxylic acids is 1. The molecular formula is C22H30N4O3S. The summed E-state index contributed by atoms with van der Waals surface area (Å²) >= 11 is 1.24. The first-order chi connectivity index (χ1) is 14.4. The molecule has 1 aliphatic heterocycles. The van der Waals surface area contributed by atoms with Crippen molar-refractivity contribution in [3.63, 3.8) is 0 Å². The zero-order chi connectivity index (χ0) is 21.8. The first kappa shape index (κ1) is 22.4. The Kier molecular flexibility index (Phi) is 7.23. The van der Waals surface area contributed by atoms with E-state index in [0.717, 1.165) is 23.5 Å². The van der Waals surface area contributed by atoms with Gasteiger partial charge in [0, 0.05) is 36.6 Å². The number of pyridine rings is 1. The van der Waals surface area contributed by atoms with Crippen molar-refractivity contribution in [1.82, 2.24) is 9.99 Å². The fourth-order valence-electron chi connectivity index (χ4n) is 3.80. The zero-order valence-electron chi connectivity index (χ0n) is 18.2. The van der Waals surface area contributed by atoms with Crippen molar-refractivity contribution in [2.75, 3.05) is 43.3 Å². The number of methoxy groups -OCH3 is 1. The lowest BCUT2D eigenvalue weighted by molar-refractivity contribution is -0.115. The van der Waals surface area contributed by atoms with E-state index in [1.54, 1.807) is 7.11 Å². The maximum atomic E-state index is 12.8. The topological polar surface area (TPSA) is 77.9 Å². The van der Waals surface area contributed by atoms with Crippen LogP contribution in [0.3, 0.4) is 0 Å². The second-order valence-corrected chi connectivity index (χ2v) is 8.39. The van der Waals surface area contributed by atoms with Crippen LogP contribution >= 0.6 is 11.8 Å². The second kappa shape index (κ2) is 9.68. The van der Waals surface area contributed by atoms with E-state index in [1.165, 1.54) is 22.9 Å². The average Bonchev–Trinajstić information content (AvgIpc) is 2.73. The Bertz CT molecular complexity index is 901. The summed E-state index contributed by atoms with van der Waals surface area (Å²) in [6, 6.07) is 7.98. The number of ether oxygens (including phenoxy) is 1. The average molecular weight is 431 g/mol. The molecular weight excluding hydrogens is 400 g/mol. The Morgan fingerprint density at radius 3 is 2.53 bits per heavy atom. The molecule has 7 nitrogen and oxygen atoms in total. The summed E-state index contributed by atoms with van der Waals surface area (Å²) in [4.78, 5) is 19.5. The van der Waals surface area contributed by atoms with Gasteiger partial charge in [-0.1, -0.05) is 17.8 Å². The largest absolute Gasteiger partial charge is 0.479 e. The molecule has 1 fully saturated rings. The molecule has 1 unspecified atom stereocenters. The van der Waals surface area contributed by atoms with Crippen molar-refractivity contribution in [1.29, 1.82) is 0 Å². The van der Waals surface area contributed by atoms with Crippen molar-refractivity contribution in [2.24, 2.45) is 0 Å². The Labute approximate surface area is 182 Å². The van der Waals surface area contributed by atoms with E-state index < -0.39 is 0 Å². The maximum Gasteiger partial charge on any atom is 0.238 e. The van der Waals surface area contributed by atoms with Crippen LogP contribution in [0.4, 0.5) is 11.4 Å². The number of carbonyl (C=O) groups is 1. The van der Waals surface area contributed by atoms with Crippen LogP contribution in [0.5, 0.6) is 5.88 Å². The lowest BCUT2D eigenvalue weighted by Gasteiger charge is -2.41. The van der Waals surface area contributed by atoms with Gasteiger partial charge in [-0.05, 0) is 56.4 Å². The quantitative estimate of drug-likeness (QED) is 0.724. The standard InChI is InChI=1S/C22H30N4O3S/c1-14-8-15(2)10-18(9-14)25-6-7-26(20(12-25)22(28)30-5)24-19-11-17(13-27)16(3)23-21(19)29-4/h8-11,20,24,27H,6-7,12-13H2,1-5H3. The van der Waals surface area contributed by atoms with Crippen LogP contribution in [0, 0.1) is 20.8 Å². The lowest BCUT2D eigenvalue weighted by Crippen LogP contribution is -2.58. The molecule has 2 heterocycles. The Hall–Kier alpha value is -2.29. The number of aromatic nitrogens is 1. The number of piperazine rings is 1. The van der Waals surface area contributed by atoms with Crippen LogP contribution in [0.25, 0.3) is 0 Å². The molecule has 1 aromatic carbocycles. The zero-order valence-corrected chi connectivity index (χ0v) is 19.0. The Balaban J connectivity index is 1.86. The van der Waals surface area contributed by atoms with Gasteiger partial charge in [-0.25, -0.2) is 9.99 Å². The van der Waals surface area contributed by atoms with Gasteiger partial charge in [0.25, 0.3) is 0 Å². The second-order valence-electron chi connectivity index (χ2n) is 7.58. The molecule has 3 rings (SSSR count). The van der Waals surface area contributed by atoms with Gasteiger partial charge < -0.3 is 20.2 Å². The number of hydrogen-bond acceptors (Lipinski definition) is 8. The van der Waals surface area contributed by atoms with Crippen molar-refractivity contribution in [3.8, 4) is 5.88 Å². The molecule has 0 bridgehead atoms. The summed E-state index contributed by atoms with van der Waals surface area (Å²) in [5, 5.41) is 11.7. The summed E-state index contributed by atoms with van der Waals surface area (Å²) < 4.78 is 5.42. The summed E-state index contributed by atoms with van der Waals surface area (Å²) in [5.41, 5.74) is 8.99. The summed E-state index contributed by atoms with van der Waals surface area (Å²) in [5.74, 6) is 0.441. The number of hydrogen-bond donors (Lipinski definition) is 2. The molecule has 0 amide bonds. The highest BCUT2D eigenvalue weighted by atomic mass is 32.2. The molecule has 1 atom stereocenters. The predicted octanol–water partition coefficient (Wildman–Crippen LogP) is 2.92. The van der Waals surface area contributed by atoms with E-state index in [4.69, 9.17) is 4.74 Å². The van der Waals surface area contributed by atoms with E-state index in [0.29, 0.717) is 24.7 Å². The van der Waals surface area contributed by atoms with Crippen LogP contribution in [0.15, 0.2) is 24.3 Å². The molecule has 2 aromatic rings. The molecule has 0 radical (unpaired) electrons. The minimum Gasteiger partial charge on any atom is -0.479 e. The van der Waals surface area contributed by atoms with Gasteiger partial charge in [-0.15, -0.1) is 0 Å². The van der Waals surface area contributed by atoms with E-state index in [9.17, 15) is 9.90 Å². The van der Waals surface area contributed by atoms with Crippen LogP contribution in [-0.2, 0) is 11.4 Å². The number of anilines is 2. The predicted molar refractivity (Wildman–Crippen MR) is 122 cm³/mol. The van der Waals surface area contributed by atoms with Gasteiger partial charge in [0.1, 0.15) is 11.7 Å². The first-order valence-electron chi connectivity index (χ1n) is 9.96. The fourth-order valence-corrected chi connectivity index (χ4v) is 4.27. The van der Waals surface area contributed by atoms with Crippen molar-refractivity contribution in [3.05, 3.63) is 46.6 Å². The maximum absolute atomic E-state index is 12.8. The number of nitrogens with zero attached hydrogens (tertiary/aromatic N) is 3. The summed E-state index contributed by atoms with van der Waals surface area (Å²) in [7, 11) is 1.56. The molecule has 0 aliphatic carbocycles. The highest BCUT2D eigenvalue weighted by molar-refractivity contribution is 8.13. The van der Waals surface area contributed by atoms with Crippen LogP contribution in [-0.4, -0.2) is 59.3 Å². The lowest BCUT2D eigenvalue weighted by atomic mass is 10.1. The molecule has 1 saturated heterocycles. The number of aliphatic hydroxyl groups is 1. The van der Waals surface area contributed by atoms with Crippen molar-refractivity contribution >= 4 is 28.3 Å². The first-order valence-corrected chi connectivity index (χ1v) is 11.2. The third kappa shape index (κ3) is 4.88. The van der Waals surface area contributed by atoms with E-state index in [-0.39, 0.29) is 17.8 Å². The molecule has 1 aromatic heterocycles. The number of aliphatic hydroxyl groups excluding tert-OH is 1. The van der Waals surface area contributed by atoms with Gasteiger partial charge in [-0.2, -0.15) is 0 Å². The highest BCUT2D eigenvalue weighted by Crippen LogP contribution is 2.29.